The SMILES string of the molecule is CN(C)c1ccc(/C=C2\SC(=O)N(Cc3ccccc3)C2=O)cc1Br. The Balaban J connectivity index is 1.82. The van der Waals surface area contributed by atoms with Crippen LogP contribution in [0.4, 0.5) is 10.5 Å². The van der Waals surface area contributed by atoms with Crippen molar-refractivity contribution in [2.75, 3.05) is 19.0 Å². The van der Waals surface area contributed by atoms with Gasteiger partial charge in [-0.3, -0.25) is 14.5 Å². The largest absolute Gasteiger partial charge is 0.377 e. The normalized spacial score (nSPS) is 16.0. The Morgan fingerprint density at radius 1 is 1.12 bits per heavy atom. The van der Waals surface area contributed by atoms with Gasteiger partial charge in [0, 0.05) is 18.6 Å². The van der Waals surface area contributed by atoms with Crippen LogP contribution in [-0.4, -0.2) is 30.1 Å². The average Bonchev–Trinajstić information content (AvgIpc) is 2.83. The van der Waals surface area contributed by atoms with Gasteiger partial charge in [-0.1, -0.05) is 36.4 Å². The predicted molar refractivity (Wildman–Crippen MR) is 106 cm³/mol. The van der Waals surface area contributed by atoms with Gasteiger partial charge in [-0.2, -0.15) is 0 Å². The maximum absolute atomic E-state index is 12.6. The molecule has 0 radical (unpaired) electrons. The van der Waals surface area contributed by atoms with Gasteiger partial charge in [-0.05, 0) is 57.0 Å². The highest BCUT2D eigenvalue weighted by Crippen LogP contribution is 2.34. The van der Waals surface area contributed by atoms with Gasteiger partial charge in [-0.25, -0.2) is 0 Å². The van der Waals surface area contributed by atoms with Crippen molar-refractivity contribution < 1.29 is 9.59 Å². The van der Waals surface area contributed by atoms with Gasteiger partial charge >= 0.3 is 0 Å². The Kier molecular flexibility index (Phi) is 5.30. The van der Waals surface area contributed by atoms with Crippen molar-refractivity contribution >= 4 is 50.6 Å². The smallest absolute Gasteiger partial charge is 0.293 e. The number of benzene rings is 2. The minimum Gasteiger partial charge on any atom is -0.377 e. The molecular formula is C19H17BrN2O2S. The number of nitrogens with zero attached hydrogens (tertiary/aromatic N) is 2. The number of hydrogen-bond donors (Lipinski definition) is 0. The number of carbonyl (C=O) groups excluding carboxylic acids is 2. The van der Waals surface area contributed by atoms with Crippen LogP contribution in [0.15, 0.2) is 57.9 Å². The molecule has 0 atom stereocenters. The first-order chi connectivity index (χ1) is 12.0. The number of thioether (sulfide) groups is 1. The van der Waals surface area contributed by atoms with E-state index in [0.717, 1.165) is 33.0 Å². The third-order valence-corrected chi connectivity index (χ3v) is 5.35. The summed E-state index contributed by atoms with van der Waals surface area (Å²) in [5.41, 5.74) is 2.86. The van der Waals surface area contributed by atoms with Gasteiger partial charge in [0.15, 0.2) is 0 Å². The van der Waals surface area contributed by atoms with E-state index in [9.17, 15) is 9.59 Å². The molecule has 6 heteroatoms. The quantitative estimate of drug-likeness (QED) is 0.674. The van der Waals surface area contributed by atoms with Gasteiger partial charge in [0.2, 0.25) is 0 Å². The first kappa shape index (κ1) is 17.8. The molecule has 1 aliphatic rings. The molecule has 2 amide bonds. The highest BCUT2D eigenvalue weighted by Gasteiger charge is 2.34. The highest BCUT2D eigenvalue weighted by molar-refractivity contribution is 9.10. The molecule has 128 valence electrons. The third kappa shape index (κ3) is 3.96. The summed E-state index contributed by atoms with van der Waals surface area (Å²) in [4.78, 5) is 28.5. The third-order valence-electron chi connectivity index (χ3n) is 3.81. The zero-order valence-corrected chi connectivity index (χ0v) is 16.3. The van der Waals surface area contributed by atoms with Crippen LogP contribution in [0.2, 0.25) is 0 Å². The highest BCUT2D eigenvalue weighted by atomic mass is 79.9. The summed E-state index contributed by atoms with van der Waals surface area (Å²) in [5, 5.41) is -0.232. The second-order valence-electron chi connectivity index (χ2n) is 5.86. The fraction of sp³-hybridized carbons (Fsp3) is 0.158. The summed E-state index contributed by atoms with van der Waals surface area (Å²) >= 11 is 4.53. The number of imide groups is 1. The molecule has 2 aromatic rings. The Bertz CT molecular complexity index is 850. The Morgan fingerprint density at radius 2 is 1.84 bits per heavy atom. The maximum atomic E-state index is 12.6. The molecule has 0 aliphatic carbocycles. The van der Waals surface area contributed by atoms with Crippen LogP contribution in [0.5, 0.6) is 0 Å². The minimum absolute atomic E-state index is 0.232. The number of hydrogen-bond acceptors (Lipinski definition) is 4. The molecule has 25 heavy (non-hydrogen) atoms. The van der Waals surface area contributed by atoms with E-state index in [1.807, 2.05) is 67.5 Å². The molecule has 3 rings (SSSR count). The van der Waals surface area contributed by atoms with E-state index >= 15 is 0 Å². The van der Waals surface area contributed by atoms with E-state index in [4.69, 9.17) is 0 Å². The summed E-state index contributed by atoms with van der Waals surface area (Å²) in [6, 6.07) is 15.4. The molecule has 1 saturated heterocycles. The lowest BCUT2D eigenvalue weighted by Crippen LogP contribution is -2.27. The fourth-order valence-electron chi connectivity index (χ4n) is 2.53. The molecule has 0 bridgehead atoms. The zero-order valence-electron chi connectivity index (χ0n) is 13.9. The number of halogens is 1. The molecule has 1 heterocycles. The topological polar surface area (TPSA) is 40.6 Å². The van der Waals surface area contributed by atoms with Crippen molar-refractivity contribution in [1.29, 1.82) is 0 Å². The number of anilines is 1. The van der Waals surface area contributed by atoms with E-state index in [1.54, 1.807) is 6.08 Å². The van der Waals surface area contributed by atoms with Crippen LogP contribution in [0.3, 0.4) is 0 Å². The second-order valence-corrected chi connectivity index (χ2v) is 7.71. The first-order valence-corrected chi connectivity index (χ1v) is 9.33. The molecule has 0 N–H and O–H groups in total. The van der Waals surface area contributed by atoms with E-state index in [1.165, 1.54) is 4.90 Å². The lowest BCUT2D eigenvalue weighted by molar-refractivity contribution is -0.123. The lowest BCUT2D eigenvalue weighted by Gasteiger charge is -2.14. The van der Waals surface area contributed by atoms with Crippen molar-refractivity contribution in [2.24, 2.45) is 0 Å². The van der Waals surface area contributed by atoms with Gasteiger partial charge in [0.05, 0.1) is 17.1 Å². The van der Waals surface area contributed by atoms with Crippen molar-refractivity contribution in [3.8, 4) is 0 Å². The van der Waals surface area contributed by atoms with E-state index in [0.29, 0.717) is 11.4 Å². The first-order valence-electron chi connectivity index (χ1n) is 7.72. The number of rotatable bonds is 4. The van der Waals surface area contributed by atoms with E-state index in [-0.39, 0.29) is 11.1 Å². The van der Waals surface area contributed by atoms with Crippen LogP contribution in [0.25, 0.3) is 6.08 Å². The van der Waals surface area contributed by atoms with Gasteiger partial charge in [0.25, 0.3) is 11.1 Å². The molecule has 0 spiro atoms. The monoisotopic (exact) mass is 416 g/mol. The van der Waals surface area contributed by atoms with Crippen molar-refractivity contribution in [3.63, 3.8) is 0 Å². The van der Waals surface area contributed by atoms with Crippen LogP contribution < -0.4 is 4.90 Å². The zero-order chi connectivity index (χ0) is 18.0. The second kappa shape index (κ2) is 7.45. The standard InChI is InChI=1S/C19H17BrN2O2S/c1-21(2)16-9-8-14(10-15(16)20)11-17-18(23)22(19(24)25-17)12-13-6-4-3-5-7-13/h3-11H,12H2,1-2H3/b17-11-. The Morgan fingerprint density at radius 3 is 2.48 bits per heavy atom. The molecule has 1 aliphatic heterocycles. The molecule has 0 saturated carbocycles. The molecule has 1 fully saturated rings. The molecular weight excluding hydrogens is 400 g/mol. The van der Waals surface area contributed by atoms with Crippen LogP contribution in [0.1, 0.15) is 11.1 Å². The van der Waals surface area contributed by atoms with Crippen LogP contribution >= 0.6 is 27.7 Å². The number of amides is 2. The average molecular weight is 417 g/mol. The van der Waals surface area contributed by atoms with Gasteiger partial charge in [-0.15, -0.1) is 0 Å². The Hall–Kier alpha value is -2.05. The van der Waals surface area contributed by atoms with E-state index < -0.39 is 0 Å². The minimum atomic E-state index is -0.244. The summed E-state index contributed by atoms with van der Waals surface area (Å²) in [7, 11) is 3.93. The predicted octanol–water partition coefficient (Wildman–Crippen LogP) is 4.75. The number of carbonyl (C=O) groups is 2. The van der Waals surface area contributed by atoms with Gasteiger partial charge < -0.3 is 4.90 Å². The Labute approximate surface area is 159 Å². The lowest BCUT2D eigenvalue weighted by atomic mass is 10.1. The summed E-state index contributed by atoms with van der Waals surface area (Å²) in [6.45, 7) is 0.298. The van der Waals surface area contributed by atoms with E-state index in [2.05, 4.69) is 15.9 Å². The fourth-order valence-corrected chi connectivity index (χ4v) is 4.12. The van der Waals surface area contributed by atoms with Crippen LogP contribution in [0, 0.1) is 0 Å². The summed E-state index contributed by atoms with van der Waals surface area (Å²) in [6.07, 6.45) is 1.76. The van der Waals surface area contributed by atoms with Crippen molar-refractivity contribution in [2.45, 2.75) is 6.54 Å². The molecule has 2 aromatic carbocycles. The molecule has 0 aromatic heterocycles. The summed E-state index contributed by atoms with van der Waals surface area (Å²) < 4.78 is 0.940. The maximum Gasteiger partial charge on any atom is 0.293 e. The van der Waals surface area contributed by atoms with Crippen LogP contribution in [-0.2, 0) is 11.3 Å². The summed E-state index contributed by atoms with van der Waals surface area (Å²) in [5.74, 6) is -0.244. The van der Waals surface area contributed by atoms with Crippen molar-refractivity contribution in [3.05, 3.63) is 69.0 Å². The molecule has 4 nitrogen and oxygen atoms in total. The molecule has 0 unspecified atom stereocenters. The van der Waals surface area contributed by atoms with Crippen molar-refractivity contribution in [1.82, 2.24) is 4.90 Å². The van der Waals surface area contributed by atoms with Gasteiger partial charge in [0.1, 0.15) is 0 Å².